The molecule has 0 aliphatic carbocycles. The summed E-state index contributed by atoms with van der Waals surface area (Å²) in [5.41, 5.74) is 0. The molecule has 0 saturated heterocycles. The molecule has 0 aliphatic heterocycles. The first-order valence-electron chi connectivity index (χ1n) is 3.00. The summed E-state index contributed by atoms with van der Waals surface area (Å²) in [7, 11) is 0. The summed E-state index contributed by atoms with van der Waals surface area (Å²) in [6, 6.07) is 0. The third-order valence-electron chi connectivity index (χ3n) is 1.30. The predicted octanol–water partition coefficient (Wildman–Crippen LogP) is 0.930. The average Bonchev–Trinajstić information content (AvgIpc) is 2.18. The number of rotatable bonds is 2. The normalized spacial score (nSPS) is 10.0. The number of halogens is 1. The summed E-state index contributed by atoms with van der Waals surface area (Å²) in [6.07, 6.45) is 1.43. The lowest BCUT2D eigenvalue weighted by atomic mass is 10.6. The maximum Gasteiger partial charge on any atom is 0.323 e. The van der Waals surface area contributed by atoms with E-state index in [1.807, 2.05) is 0 Å². The van der Waals surface area contributed by atoms with E-state index in [-0.39, 0.29) is 6.54 Å². The number of hydrogen-bond donors (Lipinski definition) is 1. The summed E-state index contributed by atoms with van der Waals surface area (Å²) in [5.74, 6) is -0.314. The number of nitrogens with zero attached hydrogens (tertiary/aromatic N) is 2. The minimum Gasteiger partial charge on any atom is -0.480 e. The van der Waals surface area contributed by atoms with E-state index in [2.05, 4.69) is 4.98 Å². The molecule has 4 nitrogen and oxygen atoms in total. The summed E-state index contributed by atoms with van der Waals surface area (Å²) in [5, 5.41) is 8.78. The van der Waals surface area contributed by atoms with Gasteiger partial charge in [-0.1, -0.05) is 11.6 Å². The van der Waals surface area contributed by atoms with E-state index in [1.54, 1.807) is 6.92 Å². The van der Waals surface area contributed by atoms with Gasteiger partial charge in [0.05, 0.1) is 6.20 Å². The van der Waals surface area contributed by atoms with Crippen LogP contribution in [0.1, 0.15) is 5.82 Å². The first-order valence-corrected chi connectivity index (χ1v) is 3.38. The molecule has 5 heteroatoms. The topological polar surface area (TPSA) is 55.1 Å². The van der Waals surface area contributed by atoms with Crippen LogP contribution in [0.3, 0.4) is 0 Å². The maximum absolute atomic E-state index is 10.3. The van der Waals surface area contributed by atoms with E-state index in [9.17, 15) is 4.79 Å². The fraction of sp³-hybridized carbons (Fsp3) is 0.333. The van der Waals surface area contributed by atoms with E-state index in [4.69, 9.17) is 16.7 Å². The Bertz CT molecular complexity index is 263. The van der Waals surface area contributed by atoms with E-state index >= 15 is 0 Å². The quantitative estimate of drug-likeness (QED) is 0.726. The Hall–Kier alpha value is -1.03. The zero-order valence-corrected chi connectivity index (χ0v) is 6.67. The molecule has 0 atom stereocenters. The van der Waals surface area contributed by atoms with Crippen molar-refractivity contribution in [3.8, 4) is 0 Å². The van der Waals surface area contributed by atoms with Gasteiger partial charge in [-0.3, -0.25) is 4.79 Å². The van der Waals surface area contributed by atoms with Gasteiger partial charge in [-0.05, 0) is 6.92 Å². The van der Waals surface area contributed by atoms with Crippen molar-refractivity contribution in [1.82, 2.24) is 9.55 Å². The highest BCUT2D eigenvalue weighted by molar-refractivity contribution is 6.29. The monoisotopic (exact) mass is 174 g/mol. The van der Waals surface area contributed by atoms with Gasteiger partial charge in [0.25, 0.3) is 0 Å². The third-order valence-corrected chi connectivity index (χ3v) is 1.60. The van der Waals surface area contributed by atoms with Gasteiger partial charge in [-0.25, -0.2) is 4.98 Å². The lowest BCUT2D eigenvalue weighted by molar-refractivity contribution is -0.137. The fourth-order valence-corrected chi connectivity index (χ4v) is 0.997. The third kappa shape index (κ3) is 1.71. The van der Waals surface area contributed by atoms with Gasteiger partial charge in [0, 0.05) is 0 Å². The molecule has 1 aromatic heterocycles. The first kappa shape index (κ1) is 8.07. The highest BCUT2D eigenvalue weighted by atomic mass is 35.5. The second-order valence-corrected chi connectivity index (χ2v) is 2.50. The van der Waals surface area contributed by atoms with Crippen LogP contribution in [-0.2, 0) is 11.3 Å². The van der Waals surface area contributed by atoms with E-state index in [1.165, 1.54) is 10.8 Å². The molecule has 0 aliphatic rings. The number of carboxylic acid groups (broad SMARTS) is 1. The van der Waals surface area contributed by atoms with Gasteiger partial charge >= 0.3 is 5.97 Å². The molecule has 0 bridgehead atoms. The standard InChI is InChI=1S/C6H7ClN2O2/c1-4-8-2-5(7)9(4)3-6(10)11/h2H,3H2,1H3,(H,10,11). The number of carbonyl (C=O) groups is 1. The zero-order valence-electron chi connectivity index (χ0n) is 5.91. The Labute approximate surface area is 68.4 Å². The van der Waals surface area contributed by atoms with Crippen LogP contribution in [-0.4, -0.2) is 20.6 Å². The molecule has 0 saturated carbocycles. The Morgan fingerprint density at radius 2 is 2.55 bits per heavy atom. The lowest BCUT2D eigenvalue weighted by Gasteiger charge is -2.00. The molecule has 0 amide bonds. The highest BCUT2D eigenvalue weighted by Gasteiger charge is 2.06. The van der Waals surface area contributed by atoms with Crippen molar-refractivity contribution in [2.45, 2.75) is 13.5 Å². The Kier molecular flexibility index (Phi) is 2.14. The van der Waals surface area contributed by atoms with Crippen molar-refractivity contribution in [1.29, 1.82) is 0 Å². The van der Waals surface area contributed by atoms with Crippen LogP contribution in [0.4, 0.5) is 0 Å². The molecule has 0 spiro atoms. The summed E-state index contributed by atoms with van der Waals surface area (Å²) in [4.78, 5) is 14.1. The molecule has 1 rings (SSSR count). The lowest BCUT2D eigenvalue weighted by Crippen LogP contribution is -2.10. The molecule has 1 N–H and O–H groups in total. The zero-order chi connectivity index (χ0) is 8.43. The average molecular weight is 175 g/mol. The van der Waals surface area contributed by atoms with Gasteiger partial charge < -0.3 is 9.67 Å². The Balaban J connectivity index is 2.92. The number of aromatic nitrogens is 2. The highest BCUT2D eigenvalue weighted by Crippen LogP contribution is 2.09. The summed E-state index contributed by atoms with van der Waals surface area (Å²) >= 11 is 5.63. The van der Waals surface area contributed by atoms with E-state index < -0.39 is 5.97 Å². The van der Waals surface area contributed by atoms with Crippen molar-refractivity contribution in [3.05, 3.63) is 17.2 Å². The maximum atomic E-state index is 10.3. The number of hydrogen-bond acceptors (Lipinski definition) is 2. The Morgan fingerprint density at radius 3 is 2.91 bits per heavy atom. The van der Waals surface area contributed by atoms with Crippen LogP contribution in [0.15, 0.2) is 6.20 Å². The van der Waals surface area contributed by atoms with Crippen LogP contribution in [0.5, 0.6) is 0 Å². The minimum absolute atomic E-state index is 0.134. The van der Waals surface area contributed by atoms with E-state index in [0.29, 0.717) is 11.0 Å². The minimum atomic E-state index is -0.923. The van der Waals surface area contributed by atoms with Crippen LogP contribution >= 0.6 is 11.6 Å². The van der Waals surface area contributed by atoms with Gasteiger partial charge in [0.2, 0.25) is 0 Å². The van der Waals surface area contributed by atoms with Crippen molar-refractivity contribution in [2.75, 3.05) is 0 Å². The largest absolute Gasteiger partial charge is 0.480 e. The van der Waals surface area contributed by atoms with Crippen LogP contribution in [0.25, 0.3) is 0 Å². The molecule has 11 heavy (non-hydrogen) atoms. The van der Waals surface area contributed by atoms with Crippen molar-refractivity contribution >= 4 is 17.6 Å². The molecule has 1 heterocycles. The van der Waals surface area contributed by atoms with Crippen molar-refractivity contribution in [3.63, 3.8) is 0 Å². The molecular weight excluding hydrogens is 168 g/mol. The van der Waals surface area contributed by atoms with Crippen LogP contribution in [0, 0.1) is 6.92 Å². The fourth-order valence-electron chi connectivity index (χ4n) is 0.766. The molecule has 0 fully saturated rings. The molecule has 60 valence electrons. The van der Waals surface area contributed by atoms with Crippen molar-refractivity contribution < 1.29 is 9.90 Å². The Morgan fingerprint density at radius 1 is 1.91 bits per heavy atom. The van der Waals surface area contributed by atoms with Gasteiger partial charge in [-0.15, -0.1) is 0 Å². The van der Waals surface area contributed by atoms with Gasteiger partial charge in [0.1, 0.15) is 17.5 Å². The van der Waals surface area contributed by atoms with Crippen LogP contribution < -0.4 is 0 Å². The molecular formula is C6H7ClN2O2. The number of aliphatic carboxylic acids is 1. The second kappa shape index (κ2) is 2.92. The predicted molar refractivity (Wildman–Crippen MR) is 39.6 cm³/mol. The number of carboxylic acids is 1. The van der Waals surface area contributed by atoms with Gasteiger partial charge in [0.15, 0.2) is 0 Å². The molecule has 0 radical (unpaired) electrons. The molecule has 0 aromatic carbocycles. The van der Waals surface area contributed by atoms with Crippen LogP contribution in [0.2, 0.25) is 5.15 Å². The first-order chi connectivity index (χ1) is 5.11. The summed E-state index contributed by atoms with van der Waals surface area (Å²) < 4.78 is 1.42. The smallest absolute Gasteiger partial charge is 0.323 e. The second-order valence-electron chi connectivity index (χ2n) is 2.11. The number of imidazole rings is 1. The van der Waals surface area contributed by atoms with Gasteiger partial charge in [-0.2, -0.15) is 0 Å². The molecule has 1 aromatic rings. The molecule has 0 unspecified atom stereocenters. The SMILES string of the molecule is Cc1ncc(Cl)n1CC(=O)O. The number of aryl methyl sites for hydroxylation is 1. The van der Waals surface area contributed by atoms with E-state index in [0.717, 1.165) is 0 Å². The summed E-state index contributed by atoms with van der Waals surface area (Å²) in [6.45, 7) is 1.57. The van der Waals surface area contributed by atoms with Crippen molar-refractivity contribution in [2.24, 2.45) is 0 Å².